The van der Waals surface area contributed by atoms with Crippen molar-refractivity contribution in [2.75, 3.05) is 19.6 Å². The van der Waals surface area contributed by atoms with Crippen LogP contribution in [-0.2, 0) is 10.9 Å². The van der Waals surface area contributed by atoms with Crippen LogP contribution in [0.25, 0.3) is 0 Å². The number of alkyl halides is 3. The van der Waals surface area contributed by atoms with Gasteiger partial charge in [0.25, 0.3) is 5.91 Å². The minimum absolute atomic E-state index is 0. The highest BCUT2D eigenvalue weighted by atomic mass is 35.5. The topological polar surface area (TPSA) is 49.9 Å². The molecule has 2 heterocycles. The molecule has 2 fully saturated rings. The van der Waals surface area contributed by atoms with Gasteiger partial charge in [0.05, 0.1) is 17.2 Å². The van der Waals surface area contributed by atoms with Gasteiger partial charge < -0.3 is 14.5 Å². The van der Waals surface area contributed by atoms with E-state index >= 15 is 0 Å². The molecule has 2 aliphatic heterocycles. The minimum Gasteiger partial charge on any atom is -0.444 e. The number of carbonyl (C=O) groups is 2. The fourth-order valence-electron chi connectivity index (χ4n) is 4.34. The maximum Gasteiger partial charge on any atom is 0.417 e. The fraction of sp³-hybridized carbons (Fsp3) is 0.619. The van der Waals surface area contributed by atoms with Gasteiger partial charge in [-0.2, -0.15) is 13.2 Å². The molecule has 4 rings (SSSR count). The molecule has 0 aromatic heterocycles. The zero-order chi connectivity index (χ0) is 21.3. The molecular formula is C21H26ClF3N2O3. The molecule has 9 heteroatoms. The van der Waals surface area contributed by atoms with Gasteiger partial charge in [0, 0.05) is 19.6 Å². The Hall–Kier alpha value is -1.96. The van der Waals surface area contributed by atoms with E-state index in [1.807, 2.05) is 6.92 Å². The van der Waals surface area contributed by atoms with E-state index in [2.05, 4.69) is 0 Å². The van der Waals surface area contributed by atoms with Gasteiger partial charge in [-0.05, 0) is 56.2 Å². The number of rotatable bonds is 1. The Morgan fingerprint density at radius 2 is 1.80 bits per heavy atom. The van der Waals surface area contributed by atoms with Gasteiger partial charge >= 0.3 is 12.3 Å². The summed E-state index contributed by atoms with van der Waals surface area (Å²) in [4.78, 5) is 28.3. The first-order chi connectivity index (χ1) is 13.4. The molecule has 0 spiro atoms. The summed E-state index contributed by atoms with van der Waals surface area (Å²) in [5.74, 6) is -0.167. The van der Waals surface area contributed by atoms with E-state index in [1.54, 1.807) is 26.8 Å². The van der Waals surface area contributed by atoms with Crippen molar-refractivity contribution in [3.63, 3.8) is 0 Å². The van der Waals surface area contributed by atoms with Crippen LogP contribution in [-0.4, -0.2) is 47.0 Å². The molecule has 1 aromatic carbocycles. The van der Waals surface area contributed by atoms with Gasteiger partial charge in [-0.1, -0.05) is 13.0 Å². The quantitative estimate of drug-likeness (QED) is 0.610. The number of amides is 2. The lowest BCUT2D eigenvalue weighted by Gasteiger charge is -2.38. The zero-order valence-corrected chi connectivity index (χ0v) is 18.2. The number of hydrogen-bond acceptors (Lipinski definition) is 3. The third-order valence-corrected chi connectivity index (χ3v) is 5.90. The Kier molecular flexibility index (Phi) is 5.55. The summed E-state index contributed by atoms with van der Waals surface area (Å²) in [5, 5.41) is 0. The van der Waals surface area contributed by atoms with E-state index in [0.29, 0.717) is 17.0 Å². The summed E-state index contributed by atoms with van der Waals surface area (Å²) >= 11 is 0. The molecule has 0 unspecified atom stereocenters. The van der Waals surface area contributed by atoms with Gasteiger partial charge in [-0.3, -0.25) is 4.79 Å². The Morgan fingerprint density at radius 1 is 1.17 bits per heavy atom. The average molecular weight is 447 g/mol. The third kappa shape index (κ3) is 3.98. The van der Waals surface area contributed by atoms with Crippen molar-refractivity contribution in [1.29, 1.82) is 0 Å². The molecule has 1 saturated carbocycles. The fourth-order valence-corrected chi connectivity index (χ4v) is 4.34. The standard InChI is InChI=1S/C21H25F3N2O3.ClH/c1-11-7-13(11)12-8-14-16-10-25(19(28)29-20(2,3)4)5-6-26(16)18(27)17(14)15(9-12)21(22,23)24;/h8-9,11,13,16H,5-7,10H2,1-4H3;1H/t11-,13+,16-;/m0./s1. The molecule has 166 valence electrons. The zero-order valence-electron chi connectivity index (χ0n) is 17.4. The second-order valence-electron chi connectivity index (χ2n) is 9.29. The molecule has 0 bridgehead atoms. The number of carbonyl (C=O) groups excluding carboxylic acids is 2. The summed E-state index contributed by atoms with van der Waals surface area (Å²) in [5.41, 5.74) is -0.770. The Morgan fingerprint density at radius 3 is 2.33 bits per heavy atom. The molecule has 1 saturated heterocycles. The van der Waals surface area contributed by atoms with Crippen LogP contribution < -0.4 is 0 Å². The molecule has 2 amide bonds. The molecule has 0 radical (unpaired) electrons. The van der Waals surface area contributed by atoms with Crippen molar-refractivity contribution in [3.05, 3.63) is 34.4 Å². The summed E-state index contributed by atoms with van der Waals surface area (Å²) in [7, 11) is 0. The first-order valence-electron chi connectivity index (χ1n) is 9.91. The van der Waals surface area contributed by atoms with E-state index in [9.17, 15) is 22.8 Å². The number of fused-ring (bicyclic) bond motifs is 3. The van der Waals surface area contributed by atoms with Crippen LogP contribution in [0.5, 0.6) is 0 Å². The number of piperazine rings is 1. The number of ether oxygens (including phenoxy) is 1. The second kappa shape index (κ2) is 7.32. The largest absolute Gasteiger partial charge is 0.444 e. The Bertz CT molecular complexity index is 881. The maximum atomic E-state index is 13.8. The predicted octanol–water partition coefficient (Wildman–Crippen LogP) is 5.00. The summed E-state index contributed by atoms with van der Waals surface area (Å²) in [6, 6.07) is 2.32. The number of benzene rings is 1. The van der Waals surface area contributed by atoms with E-state index in [1.165, 1.54) is 9.80 Å². The first-order valence-corrected chi connectivity index (χ1v) is 9.91. The van der Waals surface area contributed by atoms with Crippen molar-refractivity contribution in [2.45, 2.75) is 57.9 Å². The highest BCUT2D eigenvalue weighted by Crippen LogP contribution is 2.51. The molecule has 3 atom stereocenters. The van der Waals surface area contributed by atoms with Crippen LogP contribution in [0.3, 0.4) is 0 Å². The van der Waals surface area contributed by atoms with Crippen LogP contribution in [0.15, 0.2) is 12.1 Å². The smallest absolute Gasteiger partial charge is 0.417 e. The van der Waals surface area contributed by atoms with Crippen molar-refractivity contribution in [2.24, 2.45) is 5.92 Å². The highest BCUT2D eigenvalue weighted by Gasteiger charge is 2.49. The molecule has 5 nitrogen and oxygen atoms in total. The number of nitrogens with zero attached hydrogens (tertiary/aromatic N) is 2. The van der Waals surface area contributed by atoms with Crippen LogP contribution in [0.2, 0.25) is 0 Å². The van der Waals surface area contributed by atoms with E-state index in [-0.39, 0.29) is 43.5 Å². The summed E-state index contributed by atoms with van der Waals surface area (Å²) < 4.78 is 46.8. The lowest BCUT2D eigenvalue weighted by molar-refractivity contribution is -0.138. The number of halogens is 4. The van der Waals surface area contributed by atoms with Crippen LogP contribution in [0, 0.1) is 5.92 Å². The molecule has 30 heavy (non-hydrogen) atoms. The second-order valence-corrected chi connectivity index (χ2v) is 9.29. The van der Waals surface area contributed by atoms with Gasteiger partial charge in [0.1, 0.15) is 5.60 Å². The molecular weight excluding hydrogens is 421 g/mol. The van der Waals surface area contributed by atoms with E-state index in [0.717, 1.165) is 12.5 Å². The van der Waals surface area contributed by atoms with Gasteiger partial charge in [0.2, 0.25) is 0 Å². The SMILES string of the molecule is C[C@H]1C[C@H]1c1cc2c(c(C(F)(F)F)c1)C(=O)N1CCN(C(=O)OC(C)(C)C)C[C@@H]21.Cl. The minimum atomic E-state index is -4.60. The molecule has 1 aliphatic carbocycles. The van der Waals surface area contributed by atoms with E-state index in [4.69, 9.17) is 4.74 Å². The molecule has 1 aromatic rings. The van der Waals surface area contributed by atoms with Gasteiger partial charge in [-0.15, -0.1) is 12.4 Å². The summed E-state index contributed by atoms with van der Waals surface area (Å²) in [6.45, 7) is 7.84. The summed E-state index contributed by atoms with van der Waals surface area (Å²) in [6.07, 6.45) is -4.27. The maximum absolute atomic E-state index is 13.8. The normalized spacial score (nSPS) is 25.4. The lowest BCUT2D eigenvalue weighted by atomic mass is 9.93. The van der Waals surface area contributed by atoms with Crippen molar-refractivity contribution in [1.82, 2.24) is 9.80 Å². The van der Waals surface area contributed by atoms with Crippen molar-refractivity contribution < 1.29 is 27.5 Å². The Labute approximate surface area is 179 Å². The van der Waals surface area contributed by atoms with Crippen LogP contribution >= 0.6 is 12.4 Å². The van der Waals surface area contributed by atoms with Gasteiger partial charge in [-0.25, -0.2) is 4.79 Å². The molecule has 3 aliphatic rings. The predicted molar refractivity (Wildman–Crippen MR) is 107 cm³/mol. The lowest BCUT2D eigenvalue weighted by Crippen LogP contribution is -2.50. The number of hydrogen-bond donors (Lipinski definition) is 0. The van der Waals surface area contributed by atoms with Crippen molar-refractivity contribution in [3.8, 4) is 0 Å². The average Bonchev–Trinajstić information content (AvgIpc) is 3.27. The van der Waals surface area contributed by atoms with Gasteiger partial charge in [0.15, 0.2) is 0 Å². The monoisotopic (exact) mass is 446 g/mol. The molecule has 0 N–H and O–H groups in total. The highest BCUT2D eigenvalue weighted by molar-refractivity contribution is 6.01. The first kappa shape index (κ1) is 22.7. The van der Waals surface area contributed by atoms with Crippen LogP contribution in [0.1, 0.15) is 73.1 Å². The van der Waals surface area contributed by atoms with Crippen molar-refractivity contribution >= 4 is 24.4 Å². The van der Waals surface area contributed by atoms with E-state index < -0.39 is 35.4 Å². The Balaban J connectivity index is 0.00000256. The van der Waals surface area contributed by atoms with Crippen LogP contribution in [0.4, 0.5) is 18.0 Å². The third-order valence-electron chi connectivity index (χ3n) is 5.90.